The Kier molecular flexibility index (Phi) is 8.04. The first-order chi connectivity index (χ1) is 11.5. The molecule has 0 aromatic heterocycles. The van der Waals surface area contributed by atoms with Gasteiger partial charge in [-0.2, -0.15) is 0 Å². The number of anilines is 1. The third-order valence-corrected chi connectivity index (χ3v) is 3.61. The van der Waals surface area contributed by atoms with Crippen molar-refractivity contribution in [2.45, 2.75) is 19.8 Å². The van der Waals surface area contributed by atoms with Crippen LogP contribution in [0.4, 0.5) is 5.69 Å². The van der Waals surface area contributed by atoms with Crippen LogP contribution in [0.5, 0.6) is 0 Å². The lowest BCUT2D eigenvalue weighted by atomic mass is 10.1. The molecule has 0 unspecified atom stereocenters. The van der Waals surface area contributed by atoms with Crippen LogP contribution in [0.15, 0.2) is 48.5 Å². The second-order valence-corrected chi connectivity index (χ2v) is 5.71. The van der Waals surface area contributed by atoms with Crippen molar-refractivity contribution in [3.8, 4) is 0 Å². The number of thiocarbonyl (C=S) groups is 1. The van der Waals surface area contributed by atoms with Gasteiger partial charge in [-0.05, 0) is 60.6 Å². The molecule has 0 radical (unpaired) electrons. The number of rotatable bonds is 5. The molecule has 0 bridgehead atoms. The van der Waals surface area contributed by atoms with Crippen molar-refractivity contribution in [1.82, 2.24) is 5.32 Å². The highest BCUT2D eigenvalue weighted by Crippen LogP contribution is 2.10. The largest absolute Gasteiger partial charge is 0.366 e. The van der Waals surface area contributed by atoms with Gasteiger partial charge in [0.1, 0.15) is 0 Å². The van der Waals surface area contributed by atoms with Gasteiger partial charge >= 0.3 is 0 Å². The lowest BCUT2D eigenvalue weighted by Gasteiger charge is -2.10. The van der Waals surface area contributed by atoms with Crippen molar-refractivity contribution in [3.63, 3.8) is 0 Å². The summed E-state index contributed by atoms with van der Waals surface area (Å²) in [5.74, 6) is -0.770. The molecule has 25 heavy (non-hydrogen) atoms. The molecule has 2 rings (SSSR count). The molecule has 5 nitrogen and oxygen atoms in total. The normalized spacial score (nSPS) is 9.64. The molecule has 0 atom stereocenters. The fraction of sp³-hybridized carbons (Fsp3) is 0.167. The molecular weight excluding hydrogens is 358 g/mol. The minimum absolute atomic E-state index is 0. The van der Waals surface area contributed by atoms with E-state index in [0.29, 0.717) is 16.8 Å². The molecule has 0 heterocycles. The zero-order chi connectivity index (χ0) is 17.5. The third-order valence-electron chi connectivity index (χ3n) is 3.41. The molecule has 7 heteroatoms. The monoisotopic (exact) mass is 377 g/mol. The first-order valence-corrected chi connectivity index (χ1v) is 8.01. The van der Waals surface area contributed by atoms with Crippen LogP contribution < -0.4 is 16.4 Å². The summed E-state index contributed by atoms with van der Waals surface area (Å²) < 4.78 is 0. The molecule has 0 saturated carbocycles. The van der Waals surface area contributed by atoms with Gasteiger partial charge in [-0.15, -0.1) is 12.4 Å². The van der Waals surface area contributed by atoms with Crippen LogP contribution in [0.3, 0.4) is 0 Å². The van der Waals surface area contributed by atoms with E-state index >= 15 is 0 Å². The molecule has 0 aliphatic carbocycles. The third kappa shape index (κ3) is 6.17. The Morgan fingerprint density at radius 2 is 1.56 bits per heavy atom. The van der Waals surface area contributed by atoms with Crippen LogP contribution in [0.25, 0.3) is 0 Å². The zero-order valence-corrected chi connectivity index (χ0v) is 15.4. The number of amides is 2. The molecule has 4 N–H and O–H groups in total. The number of benzene rings is 2. The van der Waals surface area contributed by atoms with E-state index in [1.165, 1.54) is 5.56 Å². The summed E-state index contributed by atoms with van der Waals surface area (Å²) in [4.78, 5) is 23.2. The number of hydrogen-bond acceptors (Lipinski definition) is 3. The second kappa shape index (κ2) is 9.76. The molecule has 0 aliphatic heterocycles. The van der Waals surface area contributed by atoms with Gasteiger partial charge in [0.25, 0.3) is 5.91 Å². The summed E-state index contributed by atoms with van der Waals surface area (Å²) in [5, 5.41) is 5.70. The molecule has 0 saturated heterocycles. The first kappa shape index (κ1) is 20.6. The Hall–Kier alpha value is -2.44. The molecule has 0 spiro atoms. The summed E-state index contributed by atoms with van der Waals surface area (Å²) in [6.07, 6.45) is 2.05. The summed E-state index contributed by atoms with van der Waals surface area (Å²) in [5.41, 5.74) is 7.99. The number of hydrogen-bond donors (Lipinski definition) is 3. The highest BCUT2D eigenvalue weighted by atomic mass is 35.5. The lowest BCUT2D eigenvalue weighted by molar-refractivity contribution is 0.0975. The quantitative estimate of drug-likeness (QED) is 0.698. The summed E-state index contributed by atoms with van der Waals surface area (Å²) in [7, 11) is 0. The maximum absolute atomic E-state index is 12.2. The van der Waals surface area contributed by atoms with Crippen LogP contribution in [-0.4, -0.2) is 16.9 Å². The van der Waals surface area contributed by atoms with E-state index in [9.17, 15) is 9.59 Å². The molecule has 2 aromatic carbocycles. The maximum atomic E-state index is 12.2. The fourth-order valence-corrected chi connectivity index (χ4v) is 2.38. The summed E-state index contributed by atoms with van der Waals surface area (Å²) in [6.45, 7) is 2.11. The number of carbonyl (C=O) groups is 2. The lowest BCUT2D eigenvalue weighted by Crippen LogP contribution is -2.34. The van der Waals surface area contributed by atoms with Gasteiger partial charge in [0.15, 0.2) is 5.11 Å². The highest BCUT2D eigenvalue weighted by Gasteiger charge is 2.08. The number of carbonyl (C=O) groups excluding carboxylic acids is 2. The van der Waals surface area contributed by atoms with E-state index in [-0.39, 0.29) is 23.4 Å². The zero-order valence-electron chi connectivity index (χ0n) is 13.7. The molecule has 132 valence electrons. The van der Waals surface area contributed by atoms with Gasteiger partial charge in [0, 0.05) is 16.8 Å². The van der Waals surface area contributed by atoms with E-state index in [1.807, 2.05) is 12.1 Å². The van der Waals surface area contributed by atoms with Crippen molar-refractivity contribution < 1.29 is 9.59 Å². The van der Waals surface area contributed by atoms with Crippen molar-refractivity contribution in [2.24, 2.45) is 5.73 Å². The van der Waals surface area contributed by atoms with Crippen molar-refractivity contribution >= 4 is 47.2 Å². The van der Waals surface area contributed by atoms with E-state index < -0.39 is 5.91 Å². The molecule has 2 amide bonds. The predicted octanol–water partition coefficient (Wildman–Crippen LogP) is 3.29. The smallest absolute Gasteiger partial charge is 0.257 e. The van der Waals surface area contributed by atoms with Crippen LogP contribution in [-0.2, 0) is 6.42 Å². The topological polar surface area (TPSA) is 84.2 Å². The second-order valence-electron chi connectivity index (χ2n) is 5.30. The van der Waals surface area contributed by atoms with Gasteiger partial charge in [-0.3, -0.25) is 14.9 Å². The average Bonchev–Trinajstić information content (AvgIpc) is 2.56. The van der Waals surface area contributed by atoms with Gasteiger partial charge in [-0.1, -0.05) is 25.5 Å². The van der Waals surface area contributed by atoms with Gasteiger partial charge in [0.2, 0.25) is 5.91 Å². The molecular formula is C18H20ClN3O2S. The molecule has 2 aromatic rings. The predicted molar refractivity (Wildman–Crippen MR) is 106 cm³/mol. The fourth-order valence-electron chi connectivity index (χ4n) is 2.17. The first-order valence-electron chi connectivity index (χ1n) is 7.60. The maximum Gasteiger partial charge on any atom is 0.257 e. The van der Waals surface area contributed by atoms with Crippen LogP contribution in [0, 0.1) is 0 Å². The summed E-state index contributed by atoms with van der Waals surface area (Å²) >= 11 is 5.13. The van der Waals surface area contributed by atoms with Gasteiger partial charge < -0.3 is 11.1 Å². The van der Waals surface area contributed by atoms with E-state index in [1.54, 1.807) is 36.4 Å². The van der Waals surface area contributed by atoms with Crippen molar-refractivity contribution in [1.29, 1.82) is 0 Å². The number of aryl methyl sites for hydroxylation is 1. The van der Waals surface area contributed by atoms with Crippen molar-refractivity contribution in [2.75, 3.05) is 5.32 Å². The van der Waals surface area contributed by atoms with Crippen LogP contribution in [0.1, 0.15) is 39.6 Å². The number of primary amides is 1. The SMILES string of the molecule is CCCc1ccc(C(=O)NC(=S)Nc2ccc(C(N)=O)cc2)cc1.Cl. The Morgan fingerprint density at radius 1 is 1.00 bits per heavy atom. The number of halogens is 1. The van der Waals surface area contributed by atoms with Gasteiger partial charge in [0.05, 0.1) is 0 Å². The Labute approximate surface area is 158 Å². The Balaban J connectivity index is 0.00000312. The van der Waals surface area contributed by atoms with Crippen LogP contribution >= 0.6 is 24.6 Å². The molecule has 0 aliphatic rings. The highest BCUT2D eigenvalue weighted by molar-refractivity contribution is 7.80. The van der Waals surface area contributed by atoms with Crippen molar-refractivity contribution in [3.05, 3.63) is 65.2 Å². The minimum Gasteiger partial charge on any atom is -0.366 e. The number of nitrogens with one attached hydrogen (secondary N) is 2. The van der Waals surface area contributed by atoms with E-state index in [0.717, 1.165) is 12.8 Å². The van der Waals surface area contributed by atoms with E-state index in [4.69, 9.17) is 18.0 Å². The van der Waals surface area contributed by atoms with Gasteiger partial charge in [-0.25, -0.2) is 0 Å². The Bertz CT molecular complexity index is 746. The number of nitrogens with two attached hydrogens (primary N) is 1. The average molecular weight is 378 g/mol. The van der Waals surface area contributed by atoms with Crippen LogP contribution in [0.2, 0.25) is 0 Å². The summed E-state index contributed by atoms with van der Waals surface area (Å²) in [6, 6.07) is 13.9. The standard InChI is InChI=1S/C18H19N3O2S.ClH/c1-2-3-12-4-6-14(7-5-12)17(23)21-18(24)20-15-10-8-13(9-11-15)16(19)22;/h4-11H,2-3H2,1H3,(H2,19,22)(H2,20,21,23,24);1H. The minimum atomic E-state index is -0.496. The molecule has 0 fully saturated rings. The Morgan fingerprint density at radius 3 is 2.08 bits per heavy atom. The van der Waals surface area contributed by atoms with E-state index in [2.05, 4.69) is 17.6 Å².